The third kappa shape index (κ3) is 5.57. The molecule has 0 saturated carbocycles. The summed E-state index contributed by atoms with van der Waals surface area (Å²) in [5.74, 6) is -2.16. The highest BCUT2D eigenvalue weighted by atomic mass is 16.6. The lowest BCUT2D eigenvalue weighted by atomic mass is 10.2. The first kappa shape index (κ1) is 17.1. The summed E-state index contributed by atoms with van der Waals surface area (Å²) in [6.45, 7) is 1.44. The van der Waals surface area contributed by atoms with Crippen molar-refractivity contribution >= 4 is 29.2 Å². The molecule has 0 aromatic heterocycles. The first-order valence-electron chi connectivity index (χ1n) is 6.36. The number of nitro groups is 1. The highest BCUT2D eigenvalue weighted by Gasteiger charge is 2.16. The van der Waals surface area contributed by atoms with Gasteiger partial charge in [0.2, 0.25) is 11.8 Å². The van der Waals surface area contributed by atoms with Gasteiger partial charge in [0.1, 0.15) is 6.04 Å². The molecule has 2 amide bonds. The van der Waals surface area contributed by atoms with Crippen LogP contribution < -0.4 is 10.6 Å². The van der Waals surface area contributed by atoms with Gasteiger partial charge in [-0.3, -0.25) is 24.5 Å². The zero-order chi connectivity index (χ0) is 16.7. The standard InChI is InChI=1S/C13H15N3O6/c1-8(14-11(17)6-7-12(18)19)13(20)15-9-2-4-10(5-3-9)16(21)22/h2-5,8H,6-7H2,1H3,(H,14,17)(H,15,20)(H,18,19). The number of anilines is 1. The van der Waals surface area contributed by atoms with Crippen LogP contribution in [0, 0.1) is 10.1 Å². The predicted molar refractivity (Wildman–Crippen MR) is 76.2 cm³/mol. The van der Waals surface area contributed by atoms with Crippen LogP contribution >= 0.6 is 0 Å². The van der Waals surface area contributed by atoms with Crippen molar-refractivity contribution in [1.29, 1.82) is 0 Å². The monoisotopic (exact) mass is 309 g/mol. The Morgan fingerprint density at radius 3 is 2.32 bits per heavy atom. The second-order valence-corrected chi connectivity index (χ2v) is 4.48. The molecule has 0 aliphatic heterocycles. The van der Waals surface area contributed by atoms with Crippen LogP contribution in [0.4, 0.5) is 11.4 Å². The van der Waals surface area contributed by atoms with E-state index in [1.54, 1.807) is 0 Å². The van der Waals surface area contributed by atoms with Gasteiger partial charge in [0.05, 0.1) is 11.3 Å². The van der Waals surface area contributed by atoms with E-state index in [4.69, 9.17) is 5.11 Å². The van der Waals surface area contributed by atoms with Crippen molar-refractivity contribution in [1.82, 2.24) is 5.32 Å². The molecule has 9 nitrogen and oxygen atoms in total. The normalized spacial score (nSPS) is 11.3. The summed E-state index contributed by atoms with van der Waals surface area (Å²) in [5, 5.41) is 23.8. The fraction of sp³-hybridized carbons (Fsp3) is 0.308. The number of carbonyl (C=O) groups is 3. The third-order valence-electron chi connectivity index (χ3n) is 2.68. The van der Waals surface area contributed by atoms with Gasteiger partial charge in [-0.25, -0.2) is 0 Å². The van der Waals surface area contributed by atoms with Crippen molar-refractivity contribution in [2.75, 3.05) is 5.32 Å². The summed E-state index contributed by atoms with van der Waals surface area (Å²) < 4.78 is 0. The van der Waals surface area contributed by atoms with Gasteiger partial charge in [0, 0.05) is 24.2 Å². The van der Waals surface area contributed by atoms with E-state index in [1.165, 1.54) is 31.2 Å². The molecule has 0 saturated heterocycles. The van der Waals surface area contributed by atoms with Gasteiger partial charge in [0.25, 0.3) is 5.69 Å². The van der Waals surface area contributed by atoms with Crippen molar-refractivity contribution in [3.05, 3.63) is 34.4 Å². The second kappa shape index (κ2) is 7.72. The topological polar surface area (TPSA) is 139 Å². The van der Waals surface area contributed by atoms with Crippen LogP contribution in [-0.2, 0) is 14.4 Å². The molecular weight excluding hydrogens is 294 g/mol. The number of carbonyl (C=O) groups excluding carboxylic acids is 2. The molecule has 0 aliphatic carbocycles. The van der Waals surface area contributed by atoms with Gasteiger partial charge in [0.15, 0.2) is 0 Å². The first-order chi connectivity index (χ1) is 10.3. The molecule has 0 bridgehead atoms. The molecule has 1 aromatic carbocycles. The summed E-state index contributed by atoms with van der Waals surface area (Å²) in [6, 6.07) is 4.36. The summed E-state index contributed by atoms with van der Waals surface area (Å²) in [4.78, 5) is 43.5. The highest BCUT2D eigenvalue weighted by molar-refractivity contribution is 5.97. The largest absolute Gasteiger partial charge is 0.481 e. The molecule has 1 atom stereocenters. The molecule has 118 valence electrons. The lowest BCUT2D eigenvalue weighted by molar-refractivity contribution is -0.384. The maximum atomic E-state index is 11.8. The predicted octanol–water partition coefficient (Wildman–Crippen LogP) is 0.903. The van der Waals surface area contributed by atoms with Crippen molar-refractivity contribution in [3.8, 4) is 0 Å². The number of benzene rings is 1. The van der Waals surface area contributed by atoms with Gasteiger partial charge >= 0.3 is 5.97 Å². The Hall–Kier alpha value is -2.97. The molecule has 0 spiro atoms. The highest BCUT2D eigenvalue weighted by Crippen LogP contribution is 2.15. The number of nitrogens with one attached hydrogen (secondary N) is 2. The van der Waals surface area contributed by atoms with E-state index in [9.17, 15) is 24.5 Å². The number of rotatable bonds is 7. The smallest absolute Gasteiger partial charge is 0.303 e. The number of carboxylic acids is 1. The number of amides is 2. The Labute approximate surface area is 125 Å². The van der Waals surface area contributed by atoms with Crippen LogP contribution in [0.2, 0.25) is 0 Å². The van der Waals surface area contributed by atoms with E-state index in [2.05, 4.69) is 10.6 Å². The summed E-state index contributed by atoms with van der Waals surface area (Å²) in [7, 11) is 0. The Morgan fingerprint density at radius 2 is 1.82 bits per heavy atom. The van der Waals surface area contributed by atoms with Crippen LogP contribution in [0.15, 0.2) is 24.3 Å². The van der Waals surface area contributed by atoms with Crippen LogP contribution in [0.1, 0.15) is 19.8 Å². The molecular formula is C13H15N3O6. The fourth-order valence-corrected chi connectivity index (χ4v) is 1.52. The molecule has 1 rings (SSSR count). The zero-order valence-corrected chi connectivity index (χ0v) is 11.7. The van der Waals surface area contributed by atoms with Crippen LogP contribution in [-0.4, -0.2) is 33.9 Å². The molecule has 1 unspecified atom stereocenters. The van der Waals surface area contributed by atoms with Crippen LogP contribution in [0.5, 0.6) is 0 Å². The minimum Gasteiger partial charge on any atom is -0.481 e. The summed E-state index contributed by atoms with van der Waals surface area (Å²) >= 11 is 0. The lowest BCUT2D eigenvalue weighted by Gasteiger charge is -2.13. The van der Waals surface area contributed by atoms with Crippen molar-refractivity contribution < 1.29 is 24.4 Å². The first-order valence-corrected chi connectivity index (χ1v) is 6.36. The number of aliphatic carboxylic acids is 1. The van der Waals surface area contributed by atoms with Crippen molar-refractivity contribution in [3.63, 3.8) is 0 Å². The maximum absolute atomic E-state index is 11.8. The van der Waals surface area contributed by atoms with E-state index in [0.717, 1.165) is 0 Å². The van der Waals surface area contributed by atoms with E-state index in [0.29, 0.717) is 5.69 Å². The fourth-order valence-electron chi connectivity index (χ4n) is 1.52. The second-order valence-electron chi connectivity index (χ2n) is 4.48. The van der Waals surface area contributed by atoms with E-state index in [-0.39, 0.29) is 18.5 Å². The zero-order valence-electron chi connectivity index (χ0n) is 11.7. The molecule has 0 heterocycles. The number of carboxylic acid groups (broad SMARTS) is 1. The molecule has 9 heteroatoms. The average molecular weight is 309 g/mol. The molecule has 0 fully saturated rings. The number of hydrogen-bond donors (Lipinski definition) is 3. The quantitative estimate of drug-likeness (QED) is 0.505. The van der Waals surface area contributed by atoms with Gasteiger partial charge < -0.3 is 15.7 Å². The average Bonchev–Trinajstić information content (AvgIpc) is 2.45. The lowest BCUT2D eigenvalue weighted by Crippen LogP contribution is -2.41. The SMILES string of the molecule is CC(NC(=O)CCC(=O)O)C(=O)Nc1ccc([N+](=O)[O-])cc1. The van der Waals surface area contributed by atoms with Crippen molar-refractivity contribution in [2.45, 2.75) is 25.8 Å². The molecule has 1 aromatic rings. The Balaban J connectivity index is 2.51. The van der Waals surface area contributed by atoms with Gasteiger partial charge in [-0.2, -0.15) is 0 Å². The molecule has 3 N–H and O–H groups in total. The van der Waals surface area contributed by atoms with E-state index in [1.807, 2.05) is 0 Å². The molecule has 22 heavy (non-hydrogen) atoms. The Kier molecular flexibility index (Phi) is 5.99. The Morgan fingerprint density at radius 1 is 1.23 bits per heavy atom. The minimum absolute atomic E-state index is 0.104. The van der Waals surface area contributed by atoms with Crippen LogP contribution in [0.3, 0.4) is 0 Å². The number of nitrogens with zero attached hydrogens (tertiary/aromatic N) is 1. The van der Waals surface area contributed by atoms with Gasteiger partial charge in [-0.15, -0.1) is 0 Å². The summed E-state index contributed by atoms with van der Waals surface area (Å²) in [5.41, 5.74) is 0.246. The third-order valence-corrected chi connectivity index (χ3v) is 2.68. The summed E-state index contributed by atoms with van der Waals surface area (Å²) in [6.07, 6.45) is -0.535. The maximum Gasteiger partial charge on any atom is 0.303 e. The molecule has 0 radical (unpaired) electrons. The van der Waals surface area contributed by atoms with Crippen LogP contribution in [0.25, 0.3) is 0 Å². The Bertz CT molecular complexity index is 584. The number of nitro benzene ring substituents is 1. The van der Waals surface area contributed by atoms with Gasteiger partial charge in [-0.05, 0) is 19.1 Å². The number of non-ortho nitro benzene ring substituents is 1. The van der Waals surface area contributed by atoms with Gasteiger partial charge in [-0.1, -0.05) is 0 Å². The molecule has 0 aliphatic rings. The minimum atomic E-state index is -1.10. The number of hydrogen-bond acceptors (Lipinski definition) is 5. The van der Waals surface area contributed by atoms with E-state index < -0.39 is 28.7 Å². The van der Waals surface area contributed by atoms with Crippen molar-refractivity contribution in [2.24, 2.45) is 0 Å². The van der Waals surface area contributed by atoms with E-state index >= 15 is 0 Å².